The molecule has 1 amide bonds. The van der Waals surface area contributed by atoms with Crippen LogP contribution in [0.5, 0.6) is 5.75 Å². The molecule has 0 saturated heterocycles. The molecule has 126 valence electrons. The third kappa shape index (κ3) is 2.99. The van der Waals surface area contributed by atoms with Crippen LogP contribution in [0.25, 0.3) is 0 Å². The molecular weight excluding hydrogens is 306 g/mol. The molecule has 1 aromatic carbocycles. The Bertz CT molecular complexity index is 786. The van der Waals surface area contributed by atoms with E-state index >= 15 is 0 Å². The molecule has 0 bridgehead atoms. The molecule has 1 aromatic heterocycles. The van der Waals surface area contributed by atoms with Gasteiger partial charge in [0.25, 0.3) is 5.91 Å². The van der Waals surface area contributed by atoms with E-state index in [1.807, 2.05) is 44.2 Å². The van der Waals surface area contributed by atoms with E-state index < -0.39 is 0 Å². The lowest BCUT2D eigenvalue weighted by atomic mass is 10.2. The van der Waals surface area contributed by atoms with Gasteiger partial charge in [0.1, 0.15) is 12.8 Å². The average molecular weight is 327 g/mol. The van der Waals surface area contributed by atoms with Crippen LogP contribution in [-0.4, -0.2) is 28.2 Å². The number of nitrogens with one attached hydrogen (secondary N) is 1. The van der Waals surface area contributed by atoms with Crippen molar-refractivity contribution in [2.75, 3.05) is 12.0 Å². The fourth-order valence-electron chi connectivity index (χ4n) is 2.81. The lowest BCUT2D eigenvalue weighted by Crippen LogP contribution is -2.52. The van der Waals surface area contributed by atoms with Crippen molar-refractivity contribution in [1.29, 1.82) is 0 Å². The summed E-state index contributed by atoms with van der Waals surface area (Å²) < 4.78 is 7.32. The van der Waals surface area contributed by atoms with Gasteiger partial charge in [-0.2, -0.15) is 0 Å². The number of rotatable bonds is 5. The number of hydrogen-bond donors (Lipinski definition) is 1. The van der Waals surface area contributed by atoms with E-state index in [-0.39, 0.29) is 35.6 Å². The third-order valence-electron chi connectivity index (χ3n) is 4.00. The standard InChI is InChI=1S/C18H21N3O3/c1-3-10-20-13(2)19-21-11-9-15(22)17(16(21)18(20)23)24-12-14-7-5-4-6-8-14/h4-9,11,13,19H,3,10,12H2,1-2H3. The molecule has 0 radical (unpaired) electrons. The van der Waals surface area contributed by atoms with Gasteiger partial charge in [-0.25, -0.2) is 0 Å². The van der Waals surface area contributed by atoms with Gasteiger partial charge in [0, 0.05) is 18.8 Å². The summed E-state index contributed by atoms with van der Waals surface area (Å²) in [6.07, 6.45) is 2.27. The van der Waals surface area contributed by atoms with Crippen molar-refractivity contribution in [3.05, 3.63) is 64.1 Å². The van der Waals surface area contributed by atoms with Crippen LogP contribution in [0, 0.1) is 0 Å². The number of nitrogens with zero attached hydrogens (tertiary/aromatic N) is 2. The fourth-order valence-corrected chi connectivity index (χ4v) is 2.81. The van der Waals surface area contributed by atoms with Gasteiger partial charge < -0.3 is 15.1 Å². The van der Waals surface area contributed by atoms with Crippen LogP contribution in [0.15, 0.2) is 47.4 Å². The van der Waals surface area contributed by atoms with Gasteiger partial charge in [0.05, 0.1) is 0 Å². The first-order valence-corrected chi connectivity index (χ1v) is 8.11. The highest BCUT2D eigenvalue weighted by molar-refractivity contribution is 5.96. The Hall–Kier alpha value is -2.76. The van der Waals surface area contributed by atoms with Gasteiger partial charge in [-0.1, -0.05) is 37.3 Å². The first-order chi connectivity index (χ1) is 11.6. The van der Waals surface area contributed by atoms with E-state index in [4.69, 9.17) is 4.74 Å². The van der Waals surface area contributed by atoms with Crippen molar-refractivity contribution in [2.24, 2.45) is 0 Å². The van der Waals surface area contributed by atoms with Crippen LogP contribution >= 0.6 is 0 Å². The van der Waals surface area contributed by atoms with E-state index in [9.17, 15) is 9.59 Å². The minimum absolute atomic E-state index is 0.0897. The topological polar surface area (TPSA) is 63.6 Å². The number of benzene rings is 1. The molecular formula is C18H21N3O3. The summed E-state index contributed by atoms with van der Waals surface area (Å²) in [7, 11) is 0. The number of ether oxygens (including phenoxy) is 1. The molecule has 0 spiro atoms. The predicted octanol–water partition coefficient (Wildman–Crippen LogP) is 2.18. The van der Waals surface area contributed by atoms with Gasteiger partial charge in [-0.05, 0) is 18.9 Å². The number of carbonyl (C=O) groups is 1. The monoisotopic (exact) mass is 327 g/mol. The largest absolute Gasteiger partial charge is 0.482 e. The highest BCUT2D eigenvalue weighted by Gasteiger charge is 2.32. The summed E-state index contributed by atoms with van der Waals surface area (Å²) in [6.45, 7) is 4.79. The summed E-state index contributed by atoms with van der Waals surface area (Å²) in [5.74, 6) is -0.101. The SMILES string of the molecule is CCCN1C(=O)c2c(OCc3ccccc3)c(=O)ccn2NC1C. The highest BCUT2D eigenvalue weighted by Crippen LogP contribution is 2.21. The molecule has 24 heavy (non-hydrogen) atoms. The van der Waals surface area contributed by atoms with Gasteiger partial charge in [0.2, 0.25) is 5.43 Å². The molecule has 1 atom stereocenters. The van der Waals surface area contributed by atoms with Crippen molar-refractivity contribution in [3.8, 4) is 5.75 Å². The molecule has 6 nitrogen and oxygen atoms in total. The van der Waals surface area contributed by atoms with Crippen LogP contribution in [0.1, 0.15) is 36.3 Å². The zero-order valence-corrected chi connectivity index (χ0v) is 13.9. The summed E-state index contributed by atoms with van der Waals surface area (Å²) >= 11 is 0. The zero-order valence-electron chi connectivity index (χ0n) is 13.9. The lowest BCUT2D eigenvalue weighted by molar-refractivity contribution is 0.0648. The Labute approximate surface area is 140 Å². The number of carbonyl (C=O) groups excluding carboxylic acids is 1. The Kier molecular flexibility index (Phi) is 4.55. The lowest BCUT2D eigenvalue weighted by Gasteiger charge is -2.37. The smallest absolute Gasteiger partial charge is 0.278 e. The normalized spacial score (nSPS) is 16.5. The van der Waals surface area contributed by atoms with E-state index in [2.05, 4.69) is 5.43 Å². The molecule has 6 heteroatoms. The van der Waals surface area contributed by atoms with E-state index in [1.165, 1.54) is 6.07 Å². The maximum absolute atomic E-state index is 12.8. The summed E-state index contributed by atoms with van der Waals surface area (Å²) in [6, 6.07) is 11.0. The van der Waals surface area contributed by atoms with Crippen molar-refractivity contribution < 1.29 is 9.53 Å². The molecule has 1 unspecified atom stereocenters. The van der Waals surface area contributed by atoms with E-state index in [0.717, 1.165) is 12.0 Å². The Morgan fingerprint density at radius 3 is 2.62 bits per heavy atom. The third-order valence-corrected chi connectivity index (χ3v) is 4.00. The maximum atomic E-state index is 12.8. The summed E-state index contributed by atoms with van der Waals surface area (Å²) in [5, 5.41) is 0. The molecule has 3 rings (SSSR count). The molecule has 2 heterocycles. The van der Waals surface area contributed by atoms with Gasteiger partial charge in [-0.3, -0.25) is 14.3 Å². The van der Waals surface area contributed by atoms with Gasteiger partial charge >= 0.3 is 0 Å². The maximum Gasteiger partial charge on any atom is 0.278 e. The summed E-state index contributed by atoms with van der Waals surface area (Å²) in [5.41, 5.74) is 4.09. The van der Waals surface area contributed by atoms with Crippen LogP contribution in [-0.2, 0) is 6.61 Å². The number of amides is 1. The fraction of sp³-hybridized carbons (Fsp3) is 0.333. The predicted molar refractivity (Wildman–Crippen MR) is 91.6 cm³/mol. The number of aromatic nitrogens is 1. The first-order valence-electron chi connectivity index (χ1n) is 8.11. The second-order valence-electron chi connectivity index (χ2n) is 5.81. The average Bonchev–Trinajstić information content (AvgIpc) is 2.59. The van der Waals surface area contributed by atoms with Crippen molar-refractivity contribution in [2.45, 2.75) is 33.0 Å². The van der Waals surface area contributed by atoms with Crippen LogP contribution in [0.4, 0.5) is 0 Å². The van der Waals surface area contributed by atoms with E-state index in [1.54, 1.807) is 15.8 Å². The van der Waals surface area contributed by atoms with Crippen LogP contribution < -0.4 is 15.6 Å². The molecule has 2 aromatic rings. The molecule has 1 aliphatic heterocycles. The molecule has 0 saturated carbocycles. The second kappa shape index (κ2) is 6.78. The van der Waals surface area contributed by atoms with Crippen LogP contribution in [0.2, 0.25) is 0 Å². The van der Waals surface area contributed by atoms with Crippen LogP contribution in [0.3, 0.4) is 0 Å². The first kappa shape index (κ1) is 16.1. The molecule has 0 fully saturated rings. The Balaban J connectivity index is 1.95. The minimum atomic E-state index is -0.293. The van der Waals surface area contributed by atoms with Crippen molar-refractivity contribution in [3.63, 3.8) is 0 Å². The van der Waals surface area contributed by atoms with Gasteiger partial charge in [-0.15, -0.1) is 0 Å². The quantitative estimate of drug-likeness (QED) is 0.914. The molecule has 1 aliphatic rings. The van der Waals surface area contributed by atoms with Gasteiger partial charge in [0.15, 0.2) is 11.4 Å². The Morgan fingerprint density at radius 1 is 1.17 bits per heavy atom. The molecule has 1 N–H and O–H groups in total. The highest BCUT2D eigenvalue weighted by atomic mass is 16.5. The minimum Gasteiger partial charge on any atom is -0.482 e. The van der Waals surface area contributed by atoms with Crippen molar-refractivity contribution in [1.82, 2.24) is 9.58 Å². The number of hydrogen-bond acceptors (Lipinski definition) is 4. The molecule has 0 aliphatic carbocycles. The number of fused-ring (bicyclic) bond motifs is 1. The zero-order chi connectivity index (χ0) is 17.1. The number of pyridine rings is 1. The summed E-state index contributed by atoms with van der Waals surface area (Å²) in [4.78, 5) is 26.8. The van der Waals surface area contributed by atoms with Crippen molar-refractivity contribution >= 4 is 5.91 Å². The van der Waals surface area contributed by atoms with E-state index in [0.29, 0.717) is 6.54 Å². The Morgan fingerprint density at radius 2 is 1.92 bits per heavy atom. The second-order valence-corrected chi connectivity index (χ2v) is 5.81.